The van der Waals surface area contributed by atoms with Gasteiger partial charge in [0.05, 0.1) is 7.11 Å². The standard InChI is InChI=1S/C23H38FN3O2/c1-6-26(18(2)16-19-9-10-22(29-5)21(24)17-19)13-7-8-23(28)27-14-11-20(12-15-27)25(3)4/h9-10,17-18,20H,6-8,11-16H2,1-5H3. The van der Waals surface area contributed by atoms with Crippen LogP contribution < -0.4 is 4.74 Å². The third-order valence-electron chi connectivity index (χ3n) is 6.16. The molecule has 0 N–H and O–H groups in total. The summed E-state index contributed by atoms with van der Waals surface area (Å²) >= 11 is 0. The van der Waals surface area contributed by atoms with Crippen molar-refractivity contribution in [2.24, 2.45) is 0 Å². The van der Waals surface area contributed by atoms with E-state index in [0.29, 0.717) is 18.5 Å². The summed E-state index contributed by atoms with van der Waals surface area (Å²) in [7, 11) is 5.71. The van der Waals surface area contributed by atoms with Gasteiger partial charge in [-0.3, -0.25) is 4.79 Å². The summed E-state index contributed by atoms with van der Waals surface area (Å²) in [5.41, 5.74) is 0.967. The van der Waals surface area contributed by atoms with Gasteiger partial charge in [-0.15, -0.1) is 0 Å². The second-order valence-electron chi connectivity index (χ2n) is 8.33. The number of likely N-dealkylation sites (N-methyl/N-ethyl adjacent to an activating group) is 1. The van der Waals surface area contributed by atoms with Gasteiger partial charge in [-0.2, -0.15) is 0 Å². The van der Waals surface area contributed by atoms with E-state index in [9.17, 15) is 9.18 Å². The monoisotopic (exact) mass is 407 g/mol. The van der Waals surface area contributed by atoms with Crippen LogP contribution in [-0.4, -0.2) is 80.1 Å². The molecule has 0 spiro atoms. The number of amides is 1. The molecule has 1 aromatic rings. The molecule has 1 aromatic carbocycles. The minimum Gasteiger partial charge on any atom is -0.494 e. The Morgan fingerprint density at radius 1 is 1.31 bits per heavy atom. The van der Waals surface area contributed by atoms with Gasteiger partial charge in [-0.25, -0.2) is 4.39 Å². The molecule has 1 heterocycles. The second kappa shape index (κ2) is 11.5. The van der Waals surface area contributed by atoms with Crippen LogP contribution in [0, 0.1) is 5.82 Å². The topological polar surface area (TPSA) is 36.0 Å². The van der Waals surface area contributed by atoms with Gasteiger partial charge >= 0.3 is 0 Å². The van der Waals surface area contributed by atoms with Gasteiger partial charge in [-0.05, 0) is 77.5 Å². The van der Waals surface area contributed by atoms with Crippen LogP contribution in [0.3, 0.4) is 0 Å². The Balaban J connectivity index is 1.76. The normalized spacial score (nSPS) is 16.5. The number of benzene rings is 1. The maximum Gasteiger partial charge on any atom is 0.222 e. The zero-order chi connectivity index (χ0) is 21.4. The summed E-state index contributed by atoms with van der Waals surface area (Å²) in [5.74, 6) is 0.244. The molecule has 29 heavy (non-hydrogen) atoms. The fourth-order valence-electron chi connectivity index (χ4n) is 4.22. The summed E-state index contributed by atoms with van der Waals surface area (Å²) in [5, 5.41) is 0. The molecule has 1 saturated heterocycles. The lowest BCUT2D eigenvalue weighted by atomic mass is 10.0. The van der Waals surface area contributed by atoms with Crippen molar-refractivity contribution in [2.75, 3.05) is 47.4 Å². The van der Waals surface area contributed by atoms with E-state index in [-0.39, 0.29) is 17.5 Å². The Morgan fingerprint density at radius 2 is 2.00 bits per heavy atom. The highest BCUT2D eigenvalue weighted by Gasteiger charge is 2.23. The van der Waals surface area contributed by atoms with E-state index in [1.165, 1.54) is 7.11 Å². The van der Waals surface area contributed by atoms with Crippen molar-refractivity contribution in [2.45, 2.75) is 58.0 Å². The Kier molecular flexibility index (Phi) is 9.37. The number of nitrogens with zero attached hydrogens (tertiary/aromatic N) is 3. The molecule has 0 radical (unpaired) electrons. The van der Waals surface area contributed by atoms with Crippen molar-refractivity contribution in [3.05, 3.63) is 29.6 Å². The highest BCUT2D eigenvalue weighted by Crippen LogP contribution is 2.20. The molecule has 1 aliphatic heterocycles. The summed E-state index contributed by atoms with van der Waals surface area (Å²) in [6.45, 7) is 7.86. The van der Waals surface area contributed by atoms with E-state index in [0.717, 1.165) is 57.4 Å². The molecule has 6 heteroatoms. The predicted octanol–water partition coefficient (Wildman–Crippen LogP) is 3.42. The van der Waals surface area contributed by atoms with Crippen LogP contribution >= 0.6 is 0 Å². The molecule has 164 valence electrons. The summed E-state index contributed by atoms with van der Waals surface area (Å²) in [6.07, 6.45) is 4.37. The third-order valence-corrected chi connectivity index (χ3v) is 6.16. The zero-order valence-electron chi connectivity index (χ0n) is 18.8. The second-order valence-corrected chi connectivity index (χ2v) is 8.33. The smallest absolute Gasteiger partial charge is 0.222 e. The van der Waals surface area contributed by atoms with Crippen molar-refractivity contribution < 1.29 is 13.9 Å². The maximum absolute atomic E-state index is 13.9. The van der Waals surface area contributed by atoms with Gasteiger partial charge in [0.25, 0.3) is 0 Å². The van der Waals surface area contributed by atoms with Crippen LogP contribution in [0.2, 0.25) is 0 Å². The number of halogens is 1. The number of hydrogen-bond donors (Lipinski definition) is 0. The number of carbonyl (C=O) groups excluding carboxylic acids is 1. The molecule has 5 nitrogen and oxygen atoms in total. The number of ether oxygens (including phenoxy) is 1. The summed E-state index contributed by atoms with van der Waals surface area (Å²) in [4.78, 5) is 19.2. The van der Waals surface area contributed by atoms with Crippen molar-refractivity contribution in [1.82, 2.24) is 14.7 Å². The van der Waals surface area contributed by atoms with E-state index in [4.69, 9.17) is 4.74 Å². The Hall–Kier alpha value is -1.66. The van der Waals surface area contributed by atoms with Gasteiger partial charge in [-0.1, -0.05) is 13.0 Å². The number of rotatable bonds is 10. The SMILES string of the molecule is CCN(CCCC(=O)N1CCC(N(C)C)CC1)C(C)Cc1ccc(OC)c(F)c1. The fourth-order valence-corrected chi connectivity index (χ4v) is 4.22. The molecule has 2 rings (SSSR count). The lowest BCUT2D eigenvalue weighted by molar-refractivity contribution is -0.132. The average Bonchev–Trinajstić information content (AvgIpc) is 2.71. The molecule has 0 aromatic heterocycles. The fraction of sp³-hybridized carbons (Fsp3) is 0.696. The molecule has 0 bridgehead atoms. The summed E-state index contributed by atoms with van der Waals surface area (Å²) < 4.78 is 18.9. The first kappa shape index (κ1) is 23.6. The molecule has 1 fully saturated rings. The predicted molar refractivity (Wildman–Crippen MR) is 116 cm³/mol. The average molecular weight is 408 g/mol. The van der Waals surface area contributed by atoms with Crippen LogP contribution in [0.1, 0.15) is 45.1 Å². The van der Waals surface area contributed by atoms with Crippen molar-refractivity contribution >= 4 is 5.91 Å². The van der Waals surface area contributed by atoms with Gasteiger partial charge in [0.1, 0.15) is 0 Å². The van der Waals surface area contributed by atoms with Gasteiger partial charge in [0.15, 0.2) is 11.6 Å². The van der Waals surface area contributed by atoms with Gasteiger partial charge < -0.3 is 19.4 Å². The number of piperidine rings is 1. The molecule has 0 aliphatic carbocycles. The van der Waals surface area contributed by atoms with Crippen molar-refractivity contribution in [1.29, 1.82) is 0 Å². The van der Waals surface area contributed by atoms with E-state index < -0.39 is 0 Å². The van der Waals surface area contributed by atoms with E-state index >= 15 is 0 Å². The quantitative estimate of drug-likeness (QED) is 0.595. The molecule has 1 unspecified atom stereocenters. The molecule has 1 amide bonds. The maximum atomic E-state index is 13.9. The van der Waals surface area contributed by atoms with Crippen LogP contribution in [0.4, 0.5) is 4.39 Å². The van der Waals surface area contributed by atoms with Crippen molar-refractivity contribution in [3.63, 3.8) is 0 Å². The highest BCUT2D eigenvalue weighted by atomic mass is 19.1. The summed E-state index contributed by atoms with van der Waals surface area (Å²) in [6, 6.07) is 6.06. The van der Waals surface area contributed by atoms with Crippen LogP contribution in [0.15, 0.2) is 18.2 Å². The Bertz CT molecular complexity index is 645. The first-order chi connectivity index (χ1) is 13.8. The molecule has 0 saturated carbocycles. The Labute approximate surface area is 175 Å². The molecule has 1 atom stereocenters. The van der Waals surface area contributed by atoms with Gasteiger partial charge in [0, 0.05) is 31.6 Å². The first-order valence-corrected chi connectivity index (χ1v) is 10.9. The first-order valence-electron chi connectivity index (χ1n) is 10.9. The van der Waals surface area contributed by atoms with Crippen molar-refractivity contribution in [3.8, 4) is 5.75 Å². The minimum atomic E-state index is -0.316. The number of carbonyl (C=O) groups is 1. The lowest BCUT2D eigenvalue weighted by Gasteiger charge is -2.35. The number of likely N-dealkylation sites (tertiary alicyclic amines) is 1. The lowest BCUT2D eigenvalue weighted by Crippen LogP contribution is -2.44. The third kappa shape index (κ3) is 6.96. The number of methoxy groups -OCH3 is 1. The van der Waals surface area contributed by atoms with Crippen LogP contribution in [0.25, 0.3) is 0 Å². The van der Waals surface area contributed by atoms with E-state index in [2.05, 4.69) is 37.7 Å². The van der Waals surface area contributed by atoms with Crippen LogP contribution in [0.5, 0.6) is 5.75 Å². The molecular weight excluding hydrogens is 369 g/mol. The molecular formula is C23H38FN3O2. The Morgan fingerprint density at radius 3 is 2.55 bits per heavy atom. The van der Waals surface area contributed by atoms with E-state index in [1.54, 1.807) is 12.1 Å². The van der Waals surface area contributed by atoms with Crippen LogP contribution in [-0.2, 0) is 11.2 Å². The van der Waals surface area contributed by atoms with Gasteiger partial charge in [0.2, 0.25) is 5.91 Å². The minimum absolute atomic E-state index is 0.280. The zero-order valence-corrected chi connectivity index (χ0v) is 18.8. The molecule has 1 aliphatic rings. The number of hydrogen-bond acceptors (Lipinski definition) is 4. The van der Waals surface area contributed by atoms with E-state index in [1.807, 2.05) is 11.0 Å². The largest absolute Gasteiger partial charge is 0.494 e. The highest BCUT2D eigenvalue weighted by molar-refractivity contribution is 5.76.